The van der Waals surface area contributed by atoms with E-state index in [0.29, 0.717) is 11.6 Å². The topological polar surface area (TPSA) is 55.7 Å². The minimum atomic E-state index is -0.450. The number of aromatic amines is 1. The highest BCUT2D eigenvalue weighted by molar-refractivity contribution is 5.60. The summed E-state index contributed by atoms with van der Waals surface area (Å²) >= 11 is 0. The standard InChI is InChI=1S/C15H15FN4/c16-13-4-1-5-15(12(13)9-17)20-8-2-3-11(10-20)14-6-7-18-19-14/h1,4-7,11H,2-3,8,10H2,(H,18,19). The van der Waals surface area contributed by atoms with Gasteiger partial charge in [0.15, 0.2) is 0 Å². The van der Waals surface area contributed by atoms with E-state index in [2.05, 4.69) is 15.1 Å². The minimum Gasteiger partial charge on any atom is -0.370 e. The number of nitrogens with zero attached hydrogens (tertiary/aromatic N) is 3. The van der Waals surface area contributed by atoms with Crippen molar-refractivity contribution in [1.29, 1.82) is 5.26 Å². The van der Waals surface area contributed by atoms with E-state index in [4.69, 9.17) is 5.26 Å². The van der Waals surface area contributed by atoms with Gasteiger partial charge in [0, 0.05) is 30.9 Å². The first kappa shape index (κ1) is 12.7. The lowest BCUT2D eigenvalue weighted by Crippen LogP contribution is -2.35. The van der Waals surface area contributed by atoms with E-state index in [1.165, 1.54) is 6.07 Å². The number of aromatic nitrogens is 2. The number of anilines is 1. The maximum Gasteiger partial charge on any atom is 0.143 e. The van der Waals surface area contributed by atoms with E-state index in [9.17, 15) is 4.39 Å². The molecule has 1 aliphatic heterocycles. The molecule has 0 radical (unpaired) electrons. The fourth-order valence-corrected chi connectivity index (χ4v) is 2.83. The highest BCUT2D eigenvalue weighted by Crippen LogP contribution is 2.31. The van der Waals surface area contributed by atoms with Crippen LogP contribution in [-0.4, -0.2) is 23.3 Å². The smallest absolute Gasteiger partial charge is 0.143 e. The largest absolute Gasteiger partial charge is 0.370 e. The van der Waals surface area contributed by atoms with Gasteiger partial charge in [-0.1, -0.05) is 6.07 Å². The average molecular weight is 270 g/mol. The molecule has 1 fully saturated rings. The Morgan fingerprint density at radius 3 is 3.05 bits per heavy atom. The van der Waals surface area contributed by atoms with Crippen LogP contribution in [0.5, 0.6) is 0 Å². The molecule has 2 heterocycles. The number of hydrogen-bond donors (Lipinski definition) is 1. The monoisotopic (exact) mass is 270 g/mol. The third-order valence-electron chi connectivity index (χ3n) is 3.83. The lowest BCUT2D eigenvalue weighted by Gasteiger charge is -2.34. The Morgan fingerprint density at radius 2 is 2.30 bits per heavy atom. The van der Waals surface area contributed by atoms with Gasteiger partial charge >= 0.3 is 0 Å². The molecule has 0 amide bonds. The second-order valence-electron chi connectivity index (χ2n) is 5.04. The highest BCUT2D eigenvalue weighted by Gasteiger charge is 2.24. The molecule has 20 heavy (non-hydrogen) atoms. The Balaban J connectivity index is 1.88. The molecular formula is C15H15FN4. The summed E-state index contributed by atoms with van der Waals surface area (Å²) in [6, 6.07) is 8.76. The van der Waals surface area contributed by atoms with Crippen LogP contribution in [0.25, 0.3) is 0 Å². The SMILES string of the molecule is N#Cc1c(F)cccc1N1CCCC(c2ccn[nH]2)C1. The van der Waals surface area contributed by atoms with Crippen LogP contribution in [0.2, 0.25) is 0 Å². The number of rotatable bonds is 2. The van der Waals surface area contributed by atoms with E-state index >= 15 is 0 Å². The van der Waals surface area contributed by atoms with E-state index in [0.717, 1.165) is 31.6 Å². The Labute approximate surface area is 116 Å². The first-order valence-corrected chi connectivity index (χ1v) is 6.72. The number of H-pyrrole nitrogens is 1. The van der Waals surface area contributed by atoms with Gasteiger partial charge < -0.3 is 4.90 Å². The molecule has 102 valence electrons. The van der Waals surface area contributed by atoms with Crippen molar-refractivity contribution in [3.63, 3.8) is 0 Å². The summed E-state index contributed by atoms with van der Waals surface area (Å²) in [6.07, 6.45) is 3.85. The average Bonchev–Trinajstić information content (AvgIpc) is 3.01. The lowest BCUT2D eigenvalue weighted by atomic mass is 9.94. The fourth-order valence-electron chi connectivity index (χ4n) is 2.83. The molecule has 1 aromatic carbocycles. The van der Waals surface area contributed by atoms with Gasteiger partial charge in [-0.25, -0.2) is 4.39 Å². The van der Waals surface area contributed by atoms with Crippen molar-refractivity contribution in [2.75, 3.05) is 18.0 Å². The van der Waals surface area contributed by atoms with Gasteiger partial charge in [-0.15, -0.1) is 0 Å². The number of nitriles is 1. The van der Waals surface area contributed by atoms with Gasteiger partial charge in [-0.05, 0) is 31.0 Å². The first-order valence-electron chi connectivity index (χ1n) is 6.72. The molecule has 1 aromatic heterocycles. The highest BCUT2D eigenvalue weighted by atomic mass is 19.1. The van der Waals surface area contributed by atoms with Crippen LogP contribution >= 0.6 is 0 Å². The van der Waals surface area contributed by atoms with Crippen LogP contribution in [0.15, 0.2) is 30.5 Å². The van der Waals surface area contributed by atoms with Crippen molar-refractivity contribution in [2.24, 2.45) is 0 Å². The van der Waals surface area contributed by atoms with Gasteiger partial charge in [-0.2, -0.15) is 10.4 Å². The second kappa shape index (κ2) is 5.33. The Bertz CT molecular complexity index is 630. The van der Waals surface area contributed by atoms with Crippen LogP contribution in [0.1, 0.15) is 30.0 Å². The normalized spacial score (nSPS) is 18.8. The molecule has 0 bridgehead atoms. The number of nitrogens with one attached hydrogen (secondary N) is 1. The summed E-state index contributed by atoms with van der Waals surface area (Å²) in [6.45, 7) is 1.63. The molecule has 4 nitrogen and oxygen atoms in total. The quantitative estimate of drug-likeness (QED) is 0.913. The molecule has 1 saturated heterocycles. The van der Waals surface area contributed by atoms with Crippen LogP contribution in [0.3, 0.4) is 0 Å². The first-order chi connectivity index (χ1) is 9.79. The lowest BCUT2D eigenvalue weighted by molar-refractivity contribution is 0.499. The fraction of sp³-hybridized carbons (Fsp3) is 0.333. The van der Waals surface area contributed by atoms with E-state index in [1.807, 2.05) is 18.2 Å². The second-order valence-corrected chi connectivity index (χ2v) is 5.04. The molecule has 1 unspecified atom stereocenters. The molecule has 5 heteroatoms. The van der Waals surface area contributed by atoms with Crippen molar-refractivity contribution in [2.45, 2.75) is 18.8 Å². The molecular weight excluding hydrogens is 255 g/mol. The summed E-state index contributed by atoms with van der Waals surface area (Å²) in [5.74, 6) is -0.102. The molecule has 0 aliphatic carbocycles. The summed E-state index contributed by atoms with van der Waals surface area (Å²) in [7, 11) is 0. The zero-order chi connectivity index (χ0) is 13.9. The molecule has 1 aliphatic rings. The van der Waals surface area contributed by atoms with Crippen LogP contribution in [0.4, 0.5) is 10.1 Å². The van der Waals surface area contributed by atoms with Crippen molar-refractivity contribution >= 4 is 5.69 Å². The molecule has 3 rings (SSSR count). The third kappa shape index (κ3) is 2.25. The summed E-state index contributed by atoms with van der Waals surface area (Å²) in [5, 5.41) is 16.1. The van der Waals surface area contributed by atoms with Crippen LogP contribution in [-0.2, 0) is 0 Å². The van der Waals surface area contributed by atoms with Gasteiger partial charge in [0.25, 0.3) is 0 Å². The maximum absolute atomic E-state index is 13.7. The van der Waals surface area contributed by atoms with Crippen LogP contribution in [0, 0.1) is 17.1 Å². The number of piperidine rings is 1. The van der Waals surface area contributed by atoms with E-state index in [1.54, 1.807) is 12.3 Å². The number of benzene rings is 1. The van der Waals surface area contributed by atoms with Gasteiger partial charge in [0.2, 0.25) is 0 Å². The predicted molar refractivity (Wildman–Crippen MR) is 73.9 cm³/mol. The van der Waals surface area contributed by atoms with Crippen LogP contribution < -0.4 is 4.90 Å². The Kier molecular flexibility index (Phi) is 3.38. The van der Waals surface area contributed by atoms with Crippen molar-refractivity contribution in [1.82, 2.24) is 10.2 Å². The van der Waals surface area contributed by atoms with Crippen molar-refractivity contribution in [3.8, 4) is 6.07 Å². The third-order valence-corrected chi connectivity index (χ3v) is 3.83. The molecule has 1 atom stereocenters. The Morgan fingerprint density at radius 1 is 1.40 bits per heavy atom. The van der Waals surface area contributed by atoms with Gasteiger partial charge in [0.1, 0.15) is 17.4 Å². The van der Waals surface area contributed by atoms with Gasteiger partial charge in [0.05, 0.1) is 5.69 Å². The Hall–Kier alpha value is -2.35. The van der Waals surface area contributed by atoms with E-state index < -0.39 is 5.82 Å². The predicted octanol–water partition coefficient (Wildman–Crippen LogP) is 2.80. The molecule has 1 N–H and O–H groups in total. The summed E-state index contributed by atoms with van der Waals surface area (Å²) in [5.41, 5.74) is 1.93. The van der Waals surface area contributed by atoms with Crippen molar-refractivity contribution < 1.29 is 4.39 Å². The number of halogens is 1. The number of hydrogen-bond acceptors (Lipinski definition) is 3. The maximum atomic E-state index is 13.7. The van der Waals surface area contributed by atoms with Crippen molar-refractivity contribution in [3.05, 3.63) is 47.5 Å². The molecule has 0 saturated carbocycles. The van der Waals surface area contributed by atoms with Gasteiger partial charge in [-0.3, -0.25) is 5.10 Å². The summed E-state index contributed by atoms with van der Waals surface area (Å²) in [4.78, 5) is 2.09. The zero-order valence-electron chi connectivity index (χ0n) is 11.0. The molecule has 2 aromatic rings. The minimum absolute atomic E-state index is 0.137. The van der Waals surface area contributed by atoms with E-state index in [-0.39, 0.29) is 5.56 Å². The molecule has 0 spiro atoms. The zero-order valence-corrected chi connectivity index (χ0v) is 11.0. The summed E-state index contributed by atoms with van der Waals surface area (Å²) < 4.78 is 13.7.